The van der Waals surface area contributed by atoms with Crippen molar-refractivity contribution in [3.63, 3.8) is 0 Å². The molecular weight excluding hydrogens is 291 g/mol. The van der Waals surface area contributed by atoms with Gasteiger partial charge in [0, 0.05) is 11.9 Å². The molecule has 0 unspecified atom stereocenters. The number of rotatable bonds is 2. The van der Waals surface area contributed by atoms with Crippen molar-refractivity contribution in [2.45, 2.75) is 6.18 Å². The maximum atomic E-state index is 12.5. The van der Waals surface area contributed by atoms with Crippen molar-refractivity contribution in [2.75, 3.05) is 5.32 Å². The fourth-order valence-electron chi connectivity index (χ4n) is 1.52. The van der Waals surface area contributed by atoms with Crippen LogP contribution in [0.25, 0.3) is 0 Å². The number of aromatic nitrogens is 1. The maximum Gasteiger partial charge on any atom is 0.416 e. The first-order valence-corrected chi connectivity index (χ1v) is 5.78. The zero-order valence-electron chi connectivity index (χ0n) is 9.87. The summed E-state index contributed by atoms with van der Waals surface area (Å²) in [4.78, 5) is 3.79. The van der Waals surface area contributed by atoms with Crippen LogP contribution in [0.5, 0.6) is 0 Å². The fraction of sp³-hybridized carbons (Fsp3) is 0.0769. The van der Waals surface area contributed by atoms with Gasteiger partial charge in [0.2, 0.25) is 0 Å². The average molecular weight is 298 g/mol. The molecule has 0 saturated carbocycles. The van der Waals surface area contributed by atoms with E-state index >= 15 is 0 Å². The van der Waals surface area contributed by atoms with Gasteiger partial charge in [-0.05, 0) is 30.3 Å². The van der Waals surface area contributed by atoms with E-state index in [0.717, 1.165) is 12.1 Å². The van der Waals surface area contributed by atoms with Gasteiger partial charge in [0.15, 0.2) is 0 Å². The topological polar surface area (TPSA) is 48.7 Å². The van der Waals surface area contributed by atoms with Crippen LogP contribution in [0.4, 0.5) is 24.5 Å². The van der Waals surface area contributed by atoms with Crippen LogP contribution < -0.4 is 5.32 Å². The van der Waals surface area contributed by atoms with Gasteiger partial charge < -0.3 is 5.32 Å². The Morgan fingerprint density at radius 3 is 2.55 bits per heavy atom. The molecule has 0 saturated heterocycles. The molecule has 0 fully saturated rings. The molecular formula is C13H7ClF3N3. The third-order valence-corrected chi connectivity index (χ3v) is 2.76. The summed E-state index contributed by atoms with van der Waals surface area (Å²) in [5.74, 6) is 0. The summed E-state index contributed by atoms with van der Waals surface area (Å²) in [6, 6.07) is 7.92. The van der Waals surface area contributed by atoms with Crippen LogP contribution in [-0.2, 0) is 6.18 Å². The van der Waals surface area contributed by atoms with E-state index in [2.05, 4.69) is 10.3 Å². The Morgan fingerprint density at radius 1 is 1.20 bits per heavy atom. The summed E-state index contributed by atoms with van der Waals surface area (Å²) in [5.41, 5.74) is 0.200. The minimum absolute atomic E-state index is 0.0601. The van der Waals surface area contributed by atoms with Gasteiger partial charge in [0.05, 0.1) is 16.3 Å². The lowest BCUT2D eigenvalue weighted by atomic mass is 10.2. The Hall–Kier alpha value is -2.26. The number of nitriles is 1. The van der Waals surface area contributed by atoms with Gasteiger partial charge in [0.1, 0.15) is 11.8 Å². The number of hydrogen-bond donors (Lipinski definition) is 1. The van der Waals surface area contributed by atoms with Gasteiger partial charge in [-0.3, -0.25) is 0 Å². The van der Waals surface area contributed by atoms with Crippen LogP contribution in [0.1, 0.15) is 11.3 Å². The summed E-state index contributed by atoms with van der Waals surface area (Å²) in [6.45, 7) is 0. The maximum absolute atomic E-state index is 12.5. The molecule has 2 aromatic rings. The van der Waals surface area contributed by atoms with Crippen LogP contribution in [0, 0.1) is 11.3 Å². The van der Waals surface area contributed by atoms with Crippen molar-refractivity contribution >= 4 is 23.0 Å². The second kappa shape index (κ2) is 5.39. The van der Waals surface area contributed by atoms with Crippen LogP contribution in [-0.4, -0.2) is 4.98 Å². The van der Waals surface area contributed by atoms with Crippen LogP contribution >= 0.6 is 11.6 Å². The molecule has 0 aliphatic rings. The molecule has 0 spiro atoms. The third-order valence-electron chi connectivity index (χ3n) is 2.45. The van der Waals surface area contributed by atoms with E-state index in [1.807, 2.05) is 6.07 Å². The van der Waals surface area contributed by atoms with E-state index in [9.17, 15) is 13.2 Å². The molecule has 20 heavy (non-hydrogen) atoms. The SMILES string of the molecule is N#Cc1cc(Nc2ccc(C(F)(F)F)cc2Cl)ccn1. The second-order valence-corrected chi connectivity index (χ2v) is 4.27. The quantitative estimate of drug-likeness (QED) is 0.895. The molecule has 0 bridgehead atoms. The molecule has 1 aromatic carbocycles. The monoisotopic (exact) mass is 297 g/mol. The minimum Gasteiger partial charge on any atom is -0.354 e. The van der Waals surface area contributed by atoms with Gasteiger partial charge in [-0.1, -0.05) is 11.6 Å². The van der Waals surface area contributed by atoms with Gasteiger partial charge in [-0.25, -0.2) is 4.98 Å². The average Bonchev–Trinajstić information content (AvgIpc) is 2.40. The lowest BCUT2D eigenvalue weighted by Crippen LogP contribution is -2.05. The smallest absolute Gasteiger partial charge is 0.354 e. The highest BCUT2D eigenvalue weighted by Gasteiger charge is 2.30. The fourth-order valence-corrected chi connectivity index (χ4v) is 1.75. The van der Waals surface area contributed by atoms with Crippen LogP contribution in [0.3, 0.4) is 0 Å². The van der Waals surface area contributed by atoms with Crippen molar-refractivity contribution in [1.29, 1.82) is 5.26 Å². The lowest BCUT2D eigenvalue weighted by Gasteiger charge is -2.11. The Bertz CT molecular complexity index is 677. The van der Waals surface area contributed by atoms with E-state index in [1.165, 1.54) is 18.3 Å². The standard InChI is InChI=1S/C13H7ClF3N3/c14-11-5-8(13(15,16)17)1-2-12(11)20-9-3-4-19-10(6-9)7-18/h1-6H,(H,19,20). The Labute approximate surface area is 117 Å². The van der Waals surface area contributed by atoms with Crippen molar-refractivity contribution in [1.82, 2.24) is 4.98 Å². The summed E-state index contributed by atoms with van der Waals surface area (Å²) < 4.78 is 37.5. The Balaban J connectivity index is 2.28. The molecule has 1 heterocycles. The molecule has 0 atom stereocenters. The van der Waals surface area contributed by atoms with Crippen molar-refractivity contribution < 1.29 is 13.2 Å². The molecule has 0 aliphatic carbocycles. The van der Waals surface area contributed by atoms with E-state index in [4.69, 9.17) is 16.9 Å². The molecule has 7 heteroatoms. The second-order valence-electron chi connectivity index (χ2n) is 3.86. The number of pyridine rings is 1. The summed E-state index contributed by atoms with van der Waals surface area (Å²) in [7, 11) is 0. The van der Waals surface area contributed by atoms with E-state index in [1.54, 1.807) is 6.07 Å². The molecule has 0 aliphatic heterocycles. The third kappa shape index (κ3) is 3.19. The number of nitrogens with zero attached hydrogens (tertiary/aromatic N) is 2. The van der Waals surface area contributed by atoms with Crippen molar-refractivity contribution in [3.05, 3.63) is 52.8 Å². The number of hydrogen-bond acceptors (Lipinski definition) is 3. The predicted octanol–water partition coefficient (Wildman–Crippen LogP) is 4.37. The minimum atomic E-state index is -4.44. The van der Waals surface area contributed by atoms with Gasteiger partial charge in [-0.15, -0.1) is 0 Å². The van der Waals surface area contributed by atoms with Gasteiger partial charge in [-0.2, -0.15) is 18.4 Å². The van der Waals surface area contributed by atoms with Gasteiger partial charge >= 0.3 is 6.18 Å². The first-order valence-electron chi connectivity index (χ1n) is 5.40. The van der Waals surface area contributed by atoms with Crippen LogP contribution in [0.2, 0.25) is 5.02 Å². The van der Waals surface area contributed by atoms with Crippen molar-refractivity contribution in [3.8, 4) is 6.07 Å². The zero-order chi connectivity index (χ0) is 14.8. The lowest BCUT2D eigenvalue weighted by molar-refractivity contribution is -0.137. The highest BCUT2D eigenvalue weighted by Crippen LogP contribution is 2.34. The Kier molecular flexibility index (Phi) is 3.81. The van der Waals surface area contributed by atoms with E-state index in [0.29, 0.717) is 11.4 Å². The number of alkyl halides is 3. The predicted molar refractivity (Wildman–Crippen MR) is 68.7 cm³/mol. The summed E-state index contributed by atoms with van der Waals surface area (Å²) in [6.07, 6.45) is -3.02. The molecule has 102 valence electrons. The first-order chi connectivity index (χ1) is 9.40. The number of anilines is 2. The van der Waals surface area contributed by atoms with E-state index in [-0.39, 0.29) is 10.7 Å². The first kappa shape index (κ1) is 14.2. The molecule has 0 radical (unpaired) electrons. The highest BCUT2D eigenvalue weighted by molar-refractivity contribution is 6.33. The summed E-state index contributed by atoms with van der Waals surface area (Å²) in [5, 5.41) is 11.5. The number of nitrogens with one attached hydrogen (secondary N) is 1. The van der Waals surface area contributed by atoms with Crippen LogP contribution in [0.15, 0.2) is 36.5 Å². The number of benzene rings is 1. The van der Waals surface area contributed by atoms with Gasteiger partial charge in [0.25, 0.3) is 0 Å². The van der Waals surface area contributed by atoms with Crippen molar-refractivity contribution in [2.24, 2.45) is 0 Å². The normalized spacial score (nSPS) is 10.9. The Morgan fingerprint density at radius 2 is 1.95 bits per heavy atom. The summed E-state index contributed by atoms with van der Waals surface area (Å²) >= 11 is 5.82. The van der Waals surface area contributed by atoms with E-state index < -0.39 is 11.7 Å². The molecule has 1 N–H and O–H groups in total. The zero-order valence-corrected chi connectivity index (χ0v) is 10.6. The highest BCUT2D eigenvalue weighted by atomic mass is 35.5. The number of halogens is 4. The molecule has 1 aromatic heterocycles. The largest absolute Gasteiger partial charge is 0.416 e. The molecule has 0 amide bonds. The molecule has 2 rings (SSSR count). The molecule has 3 nitrogen and oxygen atoms in total.